The zero-order chi connectivity index (χ0) is 12.4. The molecule has 0 aliphatic heterocycles. The van der Waals surface area contributed by atoms with Gasteiger partial charge in [0, 0.05) is 19.6 Å². The van der Waals surface area contributed by atoms with Gasteiger partial charge in [0.25, 0.3) is 0 Å². The van der Waals surface area contributed by atoms with Gasteiger partial charge >= 0.3 is 0 Å². The van der Waals surface area contributed by atoms with E-state index in [2.05, 4.69) is 46.9 Å². The molecule has 90 valence electrons. The number of hydrogen-bond acceptors (Lipinski definition) is 2. The van der Waals surface area contributed by atoms with Crippen LogP contribution in [0.5, 0.6) is 0 Å². The molecule has 0 rings (SSSR count). The van der Waals surface area contributed by atoms with Crippen LogP contribution in [0.2, 0.25) is 0 Å². The number of hydrogen-bond donors (Lipinski definition) is 1. The maximum atomic E-state index is 12.0. The zero-order valence-electron chi connectivity index (χ0n) is 11.4. The summed E-state index contributed by atoms with van der Waals surface area (Å²) < 4.78 is 0. The van der Waals surface area contributed by atoms with E-state index in [0.29, 0.717) is 0 Å². The molecule has 0 aliphatic carbocycles. The average Bonchev–Trinajstić information content (AvgIpc) is 1.94. The van der Waals surface area contributed by atoms with Crippen LogP contribution < -0.4 is 5.32 Å². The summed E-state index contributed by atoms with van der Waals surface area (Å²) in [5.41, 5.74) is -0.127. The molecule has 0 saturated carbocycles. The van der Waals surface area contributed by atoms with E-state index in [-0.39, 0.29) is 22.9 Å². The molecular formula is C12H26N2O. The van der Waals surface area contributed by atoms with Crippen molar-refractivity contribution in [2.24, 2.45) is 5.41 Å². The Morgan fingerprint density at radius 2 is 1.47 bits per heavy atom. The number of nitrogens with one attached hydrogen (secondary N) is 1. The highest BCUT2D eigenvalue weighted by Crippen LogP contribution is 2.22. The predicted molar refractivity (Wildman–Crippen MR) is 64.8 cm³/mol. The van der Waals surface area contributed by atoms with Gasteiger partial charge in [0.15, 0.2) is 0 Å². The summed E-state index contributed by atoms with van der Waals surface area (Å²) in [5.74, 6) is 0.137. The minimum absolute atomic E-state index is 0.0520. The SMILES string of the molecule is CN(C)C(=O)[C@H](NC(C)(C)C)C(C)(C)C. The standard InChI is InChI=1S/C12H26N2O/c1-11(2,3)9(10(15)14(7)8)13-12(4,5)6/h9,13H,1-8H3/t9-/m0/s1. The van der Waals surface area contributed by atoms with Crippen LogP contribution >= 0.6 is 0 Å². The molecule has 0 saturated heterocycles. The third-order valence-electron chi connectivity index (χ3n) is 2.13. The van der Waals surface area contributed by atoms with Crippen LogP contribution in [0.25, 0.3) is 0 Å². The smallest absolute Gasteiger partial charge is 0.239 e. The van der Waals surface area contributed by atoms with Gasteiger partial charge in [-0.1, -0.05) is 20.8 Å². The van der Waals surface area contributed by atoms with E-state index in [0.717, 1.165) is 0 Å². The van der Waals surface area contributed by atoms with Gasteiger partial charge in [0.2, 0.25) is 5.91 Å². The fourth-order valence-corrected chi connectivity index (χ4v) is 1.34. The van der Waals surface area contributed by atoms with Crippen molar-refractivity contribution in [3.8, 4) is 0 Å². The predicted octanol–water partition coefficient (Wildman–Crippen LogP) is 1.88. The van der Waals surface area contributed by atoms with Crippen molar-refractivity contribution in [3.05, 3.63) is 0 Å². The lowest BCUT2D eigenvalue weighted by Gasteiger charge is -2.37. The maximum absolute atomic E-state index is 12.0. The molecule has 0 bridgehead atoms. The molecular weight excluding hydrogens is 188 g/mol. The summed E-state index contributed by atoms with van der Waals surface area (Å²) in [6.07, 6.45) is 0. The van der Waals surface area contributed by atoms with E-state index in [1.165, 1.54) is 0 Å². The second-order valence-electron chi connectivity index (χ2n) is 6.43. The summed E-state index contributed by atoms with van der Waals surface area (Å²) in [5, 5.41) is 3.39. The zero-order valence-corrected chi connectivity index (χ0v) is 11.4. The summed E-state index contributed by atoms with van der Waals surface area (Å²) in [6.45, 7) is 12.5. The Bertz CT molecular complexity index is 221. The minimum Gasteiger partial charge on any atom is -0.347 e. The van der Waals surface area contributed by atoms with Gasteiger partial charge in [0.1, 0.15) is 0 Å². The molecule has 1 atom stereocenters. The van der Waals surface area contributed by atoms with E-state index in [4.69, 9.17) is 0 Å². The molecule has 0 heterocycles. The highest BCUT2D eigenvalue weighted by atomic mass is 16.2. The van der Waals surface area contributed by atoms with Gasteiger partial charge in [-0.05, 0) is 26.2 Å². The molecule has 3 heteroatoms. The molecule has 0 radical (unpaired) electrons. The third kappa shape index (κ3) is 5.17. The van der Waals surface area contributed by atoms with Crippen molar-refractivity contribution in [3.63, 3.8) is 0 Å². The van der Waals surface area contributed by atoms with Gasteiger partial charge in [-0.3, -0.25) is 4.79 Å². The lowest BCUT2D eigenvalue weighted by atomic mass is 9.84. The van der Waals surface area contributed by atoms with Crippen LogP contribution in [0.15, 0.2) is 0 Å². The van der Waals surface area contributed by atoms with Crippen LogP contribution in [0.4, 0.5) is 0 Å². The van der Waals surface area contributed by atoms with Gasteiger partial charge < -0.3 is 10.2 Å². The molecule has 0 unspecified atom stereocenters. The van der Waals surface area contributed by atoms with Gasteiger partial charge in [-0.15, -0.1) is 0 Å². The number of rotatable bonds is 2. The van der Waals surface area contributed by atoms with Crippen molar-refractivity contribution < 1.29 is 4.79 Å². The number of amides is 1. The maximum Gasteiger partial charge on any atom is 0.239 e. The summed E-state index contributed by atoms with van der Waals surface area (Å²) in [7, 11) is 3.59. The van der Waals surface area contributed by atoms with Crippen LogP contribution in [0, 0.1) is 5.41 Å². The number of carbonyl (C=O) groups is 1. The van der Waals surface area contributed by atoms with Gasteiger partial charge in [0.05, 0.1) is 6.04 Å². The van der Waals surface area contributed by atoms with E-state index in [1.54, 1.807) is 19.0 Å². The Balaban J connectivity index is 4.84. The average molecular weight is 214 g/mol. The molecule has 0 aromatic heterocycles. The van der Waals surface area contributed by atoms with Crippen LogP contribution in [-0.2, 0) is 4.79 Å². The molecule has 1 amide bonds. The van der Waals surface area contributed by atoms with Crippen LogP contribution in [-0.4, -0.2) is 36.5 Å². The van der Waals surface area contributed by atoms with Crippen molar-refractivity contribution in [1.29, 1.82) is 0 Å². The van der Waals surface area contributed by atoms with Crippen molar-refractivity contribution in [1.82, 2.24) is 10.2 Å². The summed E-state index contributed by atoms with van der Waals surface area (Å²) in [4.78, 5) is 13.7. The normalized spacial score (nSPS) is 14.9. The molecule has 15 heavy (non-hydrogen) atoms. The Morgan fingerprint density at radius 3 is 1.67 bits per heavy atom. The highest BCUT2D eigenvalue weighted by Gasteiger charge is 2.34. The largest absolute Gasteiger partial charge is 0.347 e. The van der Waals surface area contributed by atoms with E-state index >= 15 is 0 Å². The second kappa shape index (κ2) is 4.52. The Labute approximate surface area is 94.2 Å². The summed E-state index contributed by atoms with van der Waals surface area (Å²) in [6, 6.07) is -0.146. The number of nitrogens with zero attached hydrogens (tertiary/aromatic N) is 1. The Kier molecular flexibility index (Phi) is 4.35. The monoisotopic (exact) mass is 214 g/mol. The molecule has 0 aliphatic rings. The third-order valence-corrected chi connectivity index (χ3v) is 2.13. The molecule has 0 aromatic rings. The van der Waals surface area contributed by atoms with Crippen molar-refractivity contribution in [2.75, 3.05) is 14.1 Å². The van der Waals surface area contributed by atoms with E-state index in [9.17, 15) is 4.79 Å². The lowest BCUT2D eigenvalue weighted by molar-refractivity contribution is -0.134. The second-order valence-corrected chi connectivity index (χ2v) is 6.43. The molecule has 1 N–H and O–H groups in total. The Morgan fingerprint density at radius 1 is 1.07 bits per heavy atom. The first-order valence-corrected chi connectivity index (χ1v) is 5.44. The van der Waals surface area contributed by atoms with E-state index < -0.39 is 0 Å². The first-order valence-electron chi connectivity index (χ1n) is 5.44. The lowest BCUT2D eigenvalue weighted by Crippen LogP contribution is -2.56. The molecule has 0 spiro atoms. The molecule has 3 nitrogen and oxygen atoms in total. The molecule has 0 fully saturated rings. The van der Waals surface area contributed by atoms with Crippen molar-refractivity contribution >= 4 is 5.91 Å². The van der Waals surface area contributed by atoms with Gasteiger partial charge in [-0.2, -0.15) is 0 Å². The minimum atomic E-state index is -0.146. The van der Waals surface area contributed by atoms with Gasteiger partial charge in [-0.25, -0.2) is 0 Å². The van der Waals surface area contributed by atoms with E-state index in [1.807, 2.05) is 0 Å². The molecule has 0 aromatic carbocycles. The first-order chi connectivity index (χ1) is 6.45. The fourth-order valence-electron chi connectivity index (χ4n) is 1.34. The van der Waals surface area contributed by atoms with Crippen LogP contribution in [0.1, 0.15) is 41.5 Å². The first kappa shape index (κ1) is 14.4. The highest BCUT2D eigenvalue weighted by molar-refractivity contribution is 5.82. The quantitative estimate of drug-likeness (QED) is 0.761. The number of likely N-dealkylation sites (N-methyl/N-ethyl adjacent to an activating group) is 1. The van der Waals surface area contributed by atoms with Crippen LogP contribution in [0.3, 0.4) is 0 Å². The van der Waals surface area contributed by atoms with Crippen molar-refractivity contribution in [2.45, 2.75) is 53.1 Å². The summed E-state index contributed by atoms with van der Waals surface area (Å²) >= 11 is 0. The topological polar surface area (TPSA) is 32.3 Å². The fraction of sp³-hybridized carbons (Fsp3) is 0.917. The Hall–Kier alpha value is -0.570. The number of carbonyl (C=O) groups excluding carboxylic acids is 1.